The fourth-order valence-corrected chi connectivity index (χ4v) is 3.41. The Morgan fingerprint density at radius 2 is 1.75 bits per heavy atom. The standard InChI is InChI=1S/C16H27NO2S/c1-12(2)8-17-9-16(18)11-20(19)10-15-6-13(3)5-14(4)7-15/h5-7,12,16-18H,8-11H2,1-4H3. The van der Waals surface area contributed by atoms with E-state index in [0.29, 0.717) is 24.0 Å². The normalized spacial score (nSPS) is 14.5. The van der Waals surface area contributed by atoms with Gasteiger partial charge in [-0.3, -0.25) is 4.21 Å². The molecule has 1 aromatic carbocycles. The quantitative estimate of drug-likeness (QED) is 0.773. The van der Waals surface area contributed by atoms with Crippen LogP contribution < -0.4 is 5.32 Å². The van der Waals surface area contributed by atoms with Crippen molar-refractivity contribution in [2.45, 2.75) is 39.6 Å². The fraction of sp³-hybridized carbons (Fsp3) is 0.625. The molecule has 1 aromatic rings. The number of nitrogens with one attached hydrogen (secondary N) is 1. The second-order valence-corrected chi connectivity index (χ2v) is 7.45. The Labute approximate surface area is 125 Å². The van der Waals surface area contributed by atoms with Gasteiger partial charge in [0.2, 0.25) is 0 Å². The van der Waals surface area contributed by atoms with E-state index in [9.17, 15) is 9.32 Å². The summed E-state index contributed by atoms with van der Waals surface area (Å²) in [6.45, 7) is 9.72. The molecule has 0 aliphatic heterocycles. The van der Waals surface area contributed by atoms with Gasteiger partial charge < -0.3 is 10.4 Å². The predicted molar refractivity (Wildman–Crippen MR) is 86.3 cm³/mol. The van der Waals surface area contributed by atoms with E-state index in [0.717, 1.165) is 12.1 Å². The molecular formula is C16H27NO2S. The molecule has 0 aromatic heterocycles. The van der Waals surface area contributed by atoms with E-state index in [1.165, 1.54) is 11.1 Å². The van der Waals surface area contributed by atoms with E-state index < -0.39 is 16.9 Å². The Morgan fingerprint density at radius 3 is 2.30 bits per heavy atom. The third-order valence-electron chi connectivity index (χ3n) is 2.92. The van der Waals surface area contributed by atoms with Crippen molar-refractivity contribution < 1.29 is 9.32 Å². The highest BCUT2D eigenvalue weighted by atomic mass is 32.2. The van der Waals surface area contributed by atoms with E-state index in [2.05, 4.69) is 37.4 Å². The van der Waals surface area contributed by atoms with Gasteiger partial charge in [0.25, 0.3) is 0 Å². The zero-order valence-electron chi connectivity index (χ0n) is 13.0. The molecule has 20 heavy (non-hydrogen) atoms. The van der Waals surface area contributed by atoms with Gasteiger partial charge in [-0.05, 0) is 31.9 Å². The second-order valence-electron chi connectivity index (χ2n) is 5.95. The maximum absolute atomic E-state index is 12.1. The highest BCUT2D eigenvalue weighted by molar-refractivity contribution is 7.84. The number of aliphatic hydroxyl groups is 1. The van der Waals surface area contributed by atoms with Crippen LogP contribution in [0.15, 0.2) is 18.2 Å². The molecule has 0 heterocycles. The summed E-state index contributed by atoms with van der Waals surface area (Å²) in [5.41, 5.74) is 3.47. The molecule has 2 N–H and O–H groups in total. The van der Waals surface area contributed by atoms with Crippen molar-refractivity contribution in [1.82, 2.24) is 5.32 Å². The third-order valence-corrected chi connectivity index (χ3v) is 4.33. The summed E-state index contributed by atoms with van der Waals surface area (Å²) in [5, 5.41) is 13.1. The third kappa shape index (κ3) is 7.17. The first-order valence-electron chi connectivity index (χ1n) is 7.17. The number of rotatable bonds is 8. The van der Waals surface area contributed by atoms with Gasteiger partial charge in [-0.15, -0.1) is 0 Å². The number of hydrogen-bond donors (Lipinski definition) is 2. The molecule has 0 aliphatic carbocycles. The Bertz CT molecular complexity index is 426. The van der Waals surface area contributed by atoms with Gasteiger partial charge in [0, 0.05) is 23.1 Å². The van der Waals surface area contributed by atoms with Crippen molar-refractivity contribution in [1.29, 1.82) is 0 Å². The molecule has 3 nitrogen and oxygen atoms in total. The molecule has 0 bridgehead atoms. The lowest BCUT2D eigenvalue weighted by Gasteiger charge is -2.13. The van der Waals surface area contributed by atoms with Crippen LogP contribution in [-0.2, 0) is 16.6 Å². The lowest BCUT2D eigenvalue weighted by molar-refractivity contribution is 0.193. The topological polar surface area (TPSA) is 49.3 Å². The Morgan fingerprint density at radius 1 is 1.15 bits per heavy atom. The molecule has 2 atom stereocenters. The SMILES string of the molecule is Cc1cc(C)cc(CS(=O)CC(O)CNCC(C)C)c1. The maximum atomic E-state index is 12.1. The molecule has 0 fully saturated rings. The Kier molecular flexibility index (Phi) is 7.41. The minimum Gasteiger partial charge on any atom is -0.391 e. The predicted octanol–water partition coefficient (Wildman–Crippen LogP) is 2.16. The van der Waals surface area contributed by atoms with Gasteiger partial charge in [0.15, 0.2) is 0 Å². The summed E-state index contributed by atoms with van der Waals surface area (Å²) in [5.74, 6) is 1.41. The summed E-state index contributed by atoms with van der Waals surface area (Å²) in [6, 6.07) is 6.24. The van der Waals surface area contributed by atoms with Crippen LogP contribution in [0.4, 0.5) is 0 Å². The molecule has 0 spiro atoms. The van der Waals surface area contributed by atoms with E-state index in [-0.39, 0.29) is 0 Å². The van der Waals surface area contributed by atoms with Gasteiger partial charge >= 0.3 is 0 Å². The molecule has 0 amide bonds. The smallest absolute Gasteiger partial charge is 0.0779 e. The lowest BCUT2D eigenvalue weighted by Crippen LogP contribution is -2.33. The van der Waals surface area contributed by atoms with Crippen LogP contribution in [0.5, 0.6) is 0 Å². The number of aliphatic hydroxyl groups excluding tert-OH is 1. The van der Waals surface area contributed by atoms with Crippen LogP contribution in [0.3, 0.4) is 0 Å². The van der Waals surface area contributed by atoms with Gasteiger partial charge in [0.1, 0.15) is 0 Å². The monoisotopic (exact) mass is 297 g/mol. The first-order valence-corrected chi connectivity index (χ1v) is 8.66. The van der Waals surface area contributed by atoms with Crippen molar-refractivity contribution >= 4 is 10.8 Å². The average Bonchev–Trinajstić information content (AvgIpc) is 2.25. The van der Waals surface area contributed by atoms with Gasteiger partial charge in [0.05, 0.1) is 11.9 Å². The van der Waals surface area contributed by atoms with Gasteiger partial charge in [-0.25, -0.2) is 0 Å². The summed E-state index contributed by atoms with van der Waals surface area (Å²) < 4.78 is 12.1. The minimum atomic E-state index is -1.02. The van der Waals surface area contributed by atoms with Crippen LogP contribution >= 0.6 is 0 Å². The molecule has 0 saturated carbocycles. The highest BCUT2D eigenvalue weighted by Crippen LogP contribution is 2.11. The molecule has 0 radical (unpaired) electrons. The molecule has 0 aliphatic rings. The summed E-state index contributed by atoms with van der Waals surface area (Å²) >= 11 is 0. The van der Waals surface area contributed by atoms with E-state index >= 15 is 0 Å². The van der Waals surface area contributed by atoms with Crippen molar-refractivity contribution in [2.75, 3.05) is 18.8 Å². The van der Waals surface area contributed by atoms with Crippen molar-refractivity contribution in [3.63, 3.8) is 0 Å². The molecule has 4 heteroatoms. The second kappa shape index (κ2) is 8.55. The molecule has 2 unspecified atom stereocenters. The summed E-state index contributed by atoms with van der Waals surface area (Å²) in [4.78, 5) is 0. The van der Waals surface area contributed by atoms with Crippen molar-refractivity contribution in [3.05, 3.63) is 34.9 Å². The molecule has 114 valence electrons. The van der Waals surface area contributed by atoms with Crippen molar-refractivity contribution in [3.8, 4) is 0 Å². The van der Waals surface area contributed by atoms with E-state index in [1.54, 1.807) is 0 Å². The van der Waals surface area contributed by atoms with Crippen LogP contribution in [0, 0.1) is 19.8 Å². The van der Waals surface area contributed by atoms with Crippen LogP contribution in [-0.4, -0.2) is 34.3 Å². The highest BCUT2D eigenvalue weighted by Gasteiger charge is 2.10. The maximum Gasteiger partial charge on any atom is 0.0779 e. The largest absolute Gasteiger partial charge is 0.391 e. The minimum absolute atomic E-state index is 0.331. The zero-order valence-corrected chi connectivity index (χ0v) is 13.8. The first kappa shape index (κ1) is 17.3. The summed E-state index contributed by atoms with van der Waals surface area (Å²) in [7, 11) is -1.02. The number of hydrogen-bond acceptors (Lipinski definition) is 3. The van der Waals surface area contributed by atoms with Crippen LogP contribution in [0.1, 0.15) is 30.5 Å². The zero-order chi connectivity index (χ0) is 15.1. The van der Waals surface area contributed by atoms with Gasteiger partial charge in [-0.2, -0.15) is 0 Å². The number of aryl methyl sites for hydroxylation is 2. The van der Waals surface area contributed by atoms with Crippen LogP contribution in [0.2, 0.25) is 0 Å². The fourth-order valence-electron chi connectivity index (χ4n) is 2.21. The number of benzene rings is 1. The molecule has 0 saturated heterocycles. The molecular weight excluding hydrogens is 270 g/mol. The first-order chi connectivity index (χ1) is 9.36. The van der Waals surface area contributed by atoms with E-state index in [4.69, 9.17) is 0 Å². The average molecular weight is 297 g/mol. The Balaban J connectivity index is 2.39. The van der Waals surface area contributed by atoms with Gasteiger partial charge in [-0.1, -0.05) is 43.2 Å². The Hall–Kier alpha value is -0.710. The van der Waals surface area contributed by atoms with E-state index in [1.807, 2.05) is 13.8 Å². The lowest BCUT2D eigenvalue weighted by atomic mass is 10.1. The van der Waals surface area contributed by atoms with Crippen LogP contribution in [0.25, 0.3) is 0 Å². The molecule has 1 rings (SSSR count). The van der Waals surface area contributed by atoms with Crippen molar-refractivity contribution in [2.24, 2.45) is 5.92 Å². The summed E-state index contributed by atoms with van der Waals surface area (Å²) in [6.07, 6.45) is -0.541.